The average molecular weight is 274 g/mol. The third kappa shape index (κ3) is 3.96. The van der Waals surface area contributed by atoms with Crippen molar-refractivity contribution in [1.29, 1.82) is 0 Å². The van der Waals surface area contributed by atoms with Crippen LogP contribution in [0.1, 0.15) is 40.0 Å². The van der Waals surface area contributed by atoms with Gasteiger partial charge in [0.1, 0.15) is 0 Å². The molecule has 0 saturated heterocycles. The van der Waals surface area contributed by atoms with Gasteiger partial charge in [0.2, 0.25) is 0 Å². The van der Waals surface area contributed by atoms with Crippen LogP contribution < -0.4 is 0 Å². The van der Waals surface area contributed by atoms with Crippen LogP contribution in [-0.4, -0.2) is 11.1 Å². The smallest absolute Gasteiger partial charge is 0.328 e. The summed E-state index contributed by atoms with van der Waals surface area (Å²) >= 11 is 0. The van der Waals surface area contributed by atoms with Crippen molar-refractivity contribution in [1.82, 2.24) is 0 Å². The lowest BCUT2D eigenvalue weighted by molar-refractivity contribution is -0.131. The molecule has 1 rings (SSSR count). The predicted molar refractivity (Wildman–Crippen MR) is 84.5 cm³/mol. The SMILES string of the molecule is C=C[C@@]1(C)CC[C@@H](/C(C)=C/C=C/C(=O)O)C[C@@H]1C(=C)C. The van der Waals surface area contributed by atoms with E-state index >= 15 is 0 Å². The van der Waals surface area contributed by atoms with Crippen LogP contribution in [-0.2, 0) is 4.79 Å². The maximum absolute atomic E-state index is 10.5. The van der Waals surface area contributed by atoms with Crippen molar-refractivity contribution in [2.24, 2.45) is 17.3 Å². The van der Waals surface area contributed by atoms with Gasteiger partial charge in [-0.2, -0.15) is 0 Å². The van der Waals surface area contributed by atoms with Crippen LogP contribution in [0.5, 0.6) is 0 Å². The number of hydrogen-bond acceptors (Lipinski definition) is 1. The molecule has 2 heteroatoms. The Labute approximate surface area is 122 Å². The fourth-order valence-corrected chi connectivity index (χ4v) is 3.17. The third-order valence-electron chi connectivity index (χ3n) is 4.65. The molecule has 0 spiro atoms. The molecule has 1 fully saturated rings. The number of allylic oxidation sites excluding steroid dienone is 5. The third-order valence-corrected chi connectivity index (χ3v) is 4.65. The monoisotopic (exact) mass is 274 g/mol. The fraction of sp³-hybridized carbons (Fsp3) is 0.500. The van der Waals surface area contributed by atoms with Gasteiger partial charge in [-0.05, 0) is 50.4 Å². The Morgan fingerprint density at radius 2 is 2.05 bits per heavy atom. The molecule has 0 aromatic carbocycles. The van der Waals surface area contributed by atoms with Crippen LogP contribution >= 0.6 is 0 Å². The summed E-state index contributed by atoms with van der Waals surface area (Å²) in [7, 11) is 0. The second-order valence-corrected chi connectivity index (χ2v) is 6.19. The van der Waals surface area contributed by atoms with Crippen molar-refractivity contribution in [3.63, 3.8) is 0 Å². The van der Waals surface area contributed by atoms with Crippen molar-refractivity contribution in [3.8, 4) is 0 Å². The van der Waals surface area contributed by atoms with E-state index in [1.54, 1.807) is 6.08 Å². The number of rotatable bonds is 5. The number of carboxylic acids is 1. The first-order valence-corrected chi connectivity index (χ1v) is 7.17. The normalized spacial score (nSPS) is 31.2. The van der Waals surface area contributed by atoms with Crippen molar-refractivity contribution in [2.75, 3.05) is 0 Å². The van der Waals surface area contributed by atoms with E-state index in [9.17, 15) is 4.79 Å². The average Bonchev–Trinajstić information content (AvgIpc) is 2.38. The summed E-state index contributed by atoms with van der Waals surface area (Å²) in [6, 6.07) is 0. The molecule has 0 heterocycles. The van der Waals surface area contributed by atoms with Gasteiger partial charge in [0, 0.05) is 6.08 Å². The highest BCUT2D eigenvalue weighted by Gasteiger charge is 2.38. The molecule has 0 aromatic rings. The zero-order valence-corrected chi connectivity index (χ0v) is 12.9. The summed E-state index contributed by atoms with van der Waals surface area (Å²) in [6.45, 7) is 14.6. The van der Waals surface area contributed by atoms with E-state index in [1.807, 2.05) is 6.08 Å². The molecule has 2 nitrogen and oxygen atoms in total. The van der Waals surface area contributed by atoms with Crippen LogP contribution in [0.2, 0.25) is 0 Å². The molecule has 0 bridgehead atoms. The molecule has 110 valence electrons. The predicted octanol–water partition coefficient (Wildman–Crippen LogP) is 4.76. The summed E-state index contributed by atoms with van der Waals surface area (Å²) < 4.78 is 0. The van der Waals surface area contributed by atoms with E-state index in [-0.39, 0.29) is 5.41 Å². The van der Waals surface area contributed by atoms with E-state index in [0.29, 0.717) is 11.8 Å². The van der Waals surface area contributed by atoms with Gasteiger partial charge in [-0.25, -0.2) is 4.79 Å². The van der Waals surface area contributed by atoms with E-state index in [2.05, 4.69) is 40.0 Å². The van der Waals surface area contributed by atoms with E-state index in [0.717, 1.165) is 19.3 Å². The number of hydrogen-bond donors (Lipinski definition) is 1. The molecular formula is C18H26O2. The molecule has 1 saturated carbocycles. The second-order valence-electron chi connectivity index (χ2n) is 6.19. The van der Waals surface area contributed by atoms with Gasteiger partial charge >= 0.3 is 5.97 Å². The van der Waals surface area contributed by atoms with Gasteiger partial charge in [-0.3, -0.25) is 0 Å². The van der Waals surface area contributed by atoms with E-state index < -0.39 is 5.97 Å². The van der Waals surface area contributed by atoms with Crippen LogP contribution in [0.15, 0.2) is 48.6 Å². The lowest BCUT2D eigenvalue weighted by Crippen LogP contribution is -2.33. The van der Waals surface area contributed by atoms with Crippen LogP contribution in [0.4, 0.5) is 0 Å². The lowest BCUT2D eigenvalue weighted by atomic mass is 9.61. The van der Waals surface area contributed by atoms with Crippen molar-refractivity contribution in [3.05, 3.63) is 48.6 Å². The van der Waals surface area contributed by atoms with Crippen LogP contribution in [0.25, 0.3) is 0 Å². The largest absolute Gasteiger partial charge is 0.478 e. The quantitative estimate of drug-likeness (QED) is 0.446. The molecular weight excluding hydrogens is 248 g/mol. The van der Waals surface area contributed by atoms with Gasteiger partial charge in [0.05, 0.1) is 0 Å². The molecule has 20 heavy (non-hydrogen) atoms. The summed E-state index contributed by atoms with van der Waals surface area (Å²) in [5.74, 6) is 0.0467. The molecule has 1 aliphatic carbocycles. The van der Waals surface area contributed by atoms with Gasteiger partial charge in [-0.15, -0.1) is 6.58 Å². The Kier molecular flexibility index (Phi) is 5.55. The Bertz CT molecular complexity index is 456. The summed E-state index contributed by atoms with van der Waals surface area (Å²) in [4.78, 5) is 10.5. The minimum Gasteiger partial charge on any atom is -0.478 e. The highest BCUT2D eigenvalue weighted by atomic mass is 16.4. The first kappa shape index (κ1) is 16.5. The standard InChI is InChI=1S/C18H26O2/c1-6-18(5)11-10-15(12-16(18)13(2)3)14(4)8-7-9-17(19)20/h6-9,15-16H,1-2,10-12H2,3-5H3,(H,19,20)/b9-7+,14-8+/t15-,16-,18+/m1/s1. The molecule has 0 amide bonds. The minimum atomic E-state index is -0.906. The number of carbonyl (C=O) groups is 1. The lowest BCUT2D eigenvalue weighted by Gasteiger charge is -2.43. The van der Waals surface area contributed by atoms with Crippen LogP contribution in [0.3, 0.4) is 0 Å². The van der Waals surface area contributed by atoms with Crippen molar-refractivity contribution in [2.45, 2.75) is 40.0 Å². The summed E-state index contributed by atoms with van der Waals surface area (Å²) in [6.07, 6.45) is 10.1. The first-order chi connectivity index (χ1) is 9.30. The maximum atomic E-state index is 10.5. The molecule has 0 aliphatic heterocycles. The summed E-state index contributed by atoms with van der Waals surface area (Å²) in [5, 5.41) is 8.61. The highest BCUT2D eigenvalue weighted by Crippen LogP contribution is 2.48. The fourth-order valence-electron chi connectivity index (χ4n) is 3.17. The Hall–Kier alpha value is -1.57. The maximum Gasteiger partial charge on any atom is 0.328 e. The van der Waals surface area contributed by atoms with Gasteiger partial charge in [0.15, 0.2) is 0 Å². The number of carboxylic acid groups (broad SMARTS) is 1. The Morgan fingerprint density at radius 3 is 2.55 bits per heavy atom. The summed E-state index contributed by atoms with van der Waals surface area (Å²) in [5.41, 5.74) is 2.60. The Balaban J connectivity index is 2.84. The second kappa shape index (κ2) is 6.74. The molecule has 1 N–H and O–H groups in total. The molecule has 3 atom stereocenters. The zero-order chi connectivity index (χ0) is 15.3. The van der Waals surface area contributed by atoms with Gasteiger partial charge < -0.3 is 5.11 Å². The zero-order valence-electron chi connectivity index (χ0n) is 12.9. The number of aliphatic carboxylic acids is 1. The topological polar surface area (TPSA) is 37.3 Å². The van der Waals surface area contributed by atoms with Gasteiger partial charge in [-0.1, -0.05) is 42.9 Å². The van der Waals surface area contributed by atoms with Gasteiger partial charge in [0.25, 0.3) is 0 Å². The molecule has 0 radical (unpaired) electrons. The van der Waals surface area contributed by atoms with E-state index in [4.69, 9.17) is 5.11 Å². The molecule has 0 aromatic heterocycles. The highest BCUT2D eigenvalue weighted by molar-refractivity contribution is 5.80. The molecule has 0 unspecified atom stereocenters. The molecule has 1 aliphatic rings. The first-order valence-electron chi connectivity index (χ1n) is 7.17. The Morgan fingerprint density at radius 1 is 1.40 bits per heavy atom. The minimum absolute atomic E-state index is 0.138. The van der Waals surface area contributed by atoms with E-state index in [1.165, 1.54) is 17.2 Å². The van der Waals surface area contributed by atoms with Crippen molar-refractivity contribution >= 4 is 5.97 Å². The van der Waals surface area contributed by atoms with Crippen LogP contribution in [0, 0.1) is 17.3 Å². The van der Waals surface area contributed by atoms with Crippen molar-refractivity contribution < 1.29 is 9.90 Å².